The molecule has 0 aromatic carbocycles. The molecule has 5 nitrogen and oxygen atoms in total. The molecule has 0 atom stereocenters. The predicted molar refractivity (Wildman–Crippen MR) is 48.3 cm³/mol. The van der Waals surface area contributed by atoms with Gasteiger partial charge in [-0.2, -0.15) is 4.98 Å². The van der Waals surface area contributed by atoms with Crippen molar-refractivity contribution in [2.75, 3.05) is 5.32 Å². The fourth-order valence-electron chi connectivity index (χ4n) is 0.711. The van der Waals surface area contributed by atoms with Crippen LogP contribution in [0.15, 0.2) is 17.1 Å². The molecule has 0 aliphatic carbocycles. The second-order valence-electron chi connectivity index (χ2n) is 2.92. The summed E-state index contributed by atoms with van der Waals surface area (Å²) in [4.78, 5) is 27.8. The van der Waals surface area contributed by atoms with Gasteiger partial charge in [0.2, 0.25) is 5.91 Å². The Bertz CT molecular complexity index is 356. The molecule has 1 heterocycles. The number of nitrogens with one attached hydrogen (secondary N) is 2. The monoisotopic (exact) mass is 181 g/mol. The van der Waals surface area contributed by atoms with Crippen molar-refractivity contribution in [2.45, 2.75) is 13.8 Å². The molecule has 1 amide bonds. The standard InChI is InChI=1S/C8H11N3O2/c1-5(2)7(12)10-6-3-4-9-8(13)11-6/h3-5H,1-2H3,(H2,9,10,11,12,13). The number of anilines is 1. The molecule has 0 bridgehead atoms. The van der Waals surface area contributed by atoms with Gasteiger partial charge >= 0.3 is 5.69 Å². The van der Waals surface area contributed by atoms with Gasteiger partial charge in [0, 0.05) is 12.1 Å². The fourth-order valence-corrected chi connectivity index (χ4v) is 0.711. The first-order chi connectivity index (χ1) is 6.09. The zero-order valence-corrected chi connectivity index (χ0v) is 7.50. The summed E-state index contributed by atoms with van der Waals surface area (Å²) in [5, 5.41) is 2.51. The second-order valence-corrected chi connectivity index (χ2v) is 2.92. The number of aromatic nitrogens is 2. The van der Waals surface area contributed by atoms with E-state index in [2.05, 4.69) is 15.3 Å². The second kappa shape index (κ2) is 3.84. The normalized spacial score (nSPS) is 10.1. The van der Waals surface area contributed by atoms with Crippen LogP contribution >= 0.6 is 0 Å². The molecule has 0 saturated heterocycles. The van der Waals surface area contributed by atoms with Gasteiger partial charge in [-0.25, -0.2) is 4.79 Å². The predicted octanol–water partition coefficient (Wildman–Crippen LogP) is 0.364. The van der Waals surface area contributed by atoms with Crippen molar-refractivity contribution in [3.8, 4) is 0 Å². The van der Waals surface area contributed by atoms with Gasteiger partial charge in [0.15, 0.2) is 0 Å². The van der Waals surface area contributed by atoms with E-state index in [0.717, 1.165) is 0 Å². The smallest absolute Gasteiger partial charge is 0.313 e. The van der Waals surface area contributed by atoms with Crippen LogP contribution in [0, 0.1) is 5.92 Å². The highest BCUT2D eigenvalue weighted by Crippen LogP contribution is 2.00. The van der Waals surface area contributed by atoms with Gasteiger partial charge in [-0.05, 0) is 6.07 Å². The number of amides is 1. The molecule has 0 aliphatic heterocycles. The topological polar surface area (TPSA) is 74.8 Å². The van der Waals surface area contributed by atoms with Crippen molar-refractivity contribution in [2.24, 2.45) is 5.92 Å². The van der Waals surface area contributed by atoms with E-state index in [4.69, 9.17) is 0 Å². The molecule has 5 heteroatoms. The summed E-state index contributed by atoms with van der Waals surface area (Å²) in [7, 11) is 0. The molecule has 1 aromatic rings. The molecular weight excluding hydrogens is 170 g/mol. The summed E-state index contributed by atoms with van der Waals surface area (Å²) in [6.07, 6.45) is 1.44. The molecular formula is C8H11N3O2. The zero-order chi connectivity index (χ0) is 9.84. The number of nitrogens with zero attached hydrogens (tertiary/aromatic N) is 1. The van der Waals surface area contributed by atoms with E-state index in [0.29, 0.717) is 0 Å². The Balaban J connectivity index is 2.75. The minimum Gasteiger partial charge on any atom is -0.313 e. The lowest BCUT2D eigenvalue weighted by Gasteiger charge is -2.04. The van der Waals surface area contributed by atoms with Gasteiger partial charge in [-0.1, -0.05) is 13.8 Å². The van der Waals surface area contributed by atoms with Crippen LogP contribution in [0.2, 0.25) is 0 Å². The van der Waals surface area contributed by atoms with Crippen LogP contribution in [0.25, 0.3) is 0 Å². The molecule has 0 saturated carbocycles. The molecule has 70 valence electrons. The summed E-state index contributed by atoms with van der Waals surface area (Å²) in [5.41, 5.74) is -0.471. The Morgan fingerprint density at radius 2 is 2.31 bits per heavy atom. The summed E-state index contributed by atoms with van der Waals surface area (Å²) >= 11 is 0. The molecule has 0 radical (unpaired) electrons. The van der Waals surface area contributed by atoms with Crippen molar-refractivity contribution in [3.63, 3.8) is 0 Å². The van der Waals surface area contributed by atoms with E-state index >= 15 is 0 Å². The van der Waals surface area contributed by atoms with E-state index in [1.54, 1.807) is 13.8 Å². The van der Waals surface area contributed by atoms with Crippen molar-refractivity contribution >= 4 is 11.7 Å². The number of rotatable bonds is 2. The third-order valence-corrected chi connectivity index (χ3v) is 1.45. The molecule has 0 spiro atoms. The van der Waals surface area contributed by atoms with Gasteiger partial charge in [-0.15, -0.1) is 0 Å². The van der Waals surface area contributed by atoms with Crippen LogP contribution in [0.5, 0.6) is 0 Å². The Labute approximate surface area is 75.2 Å². The summed E-state index contributed by atoms with van der Waals surface area (Å²) < 4.78 is 0. The molecule has 0 aliphatic rings. The van der Waals surface area contributed by atoms with Crippen LogP contribution in [0.4, 0.5) is 5.82 Å². The summed E-state index contributed by atoms with van der Waals surface area (Å²) in [6.45, 7) is 3.53. The lowest BCUT2D eigenvalue weighted by atomic mass is 10.2. The maximum atomic E-state index is 11.2. The number of aromatic amines is 1. The highest BCUT2D eigenvalue weighted by Gasteiger charge is 2.07. The first kappa shape index (κ1) is 9.44. The number of hydrogen-bond donors (Lipinski definition) is 2. The van der Waals surface area contributed by atoms with E-state index in [9.17, 15) is 9.59 Å². The minimum atomic E-state index is -0.471. The maximum Gasteiger partial charge on any atom is 0.346 e. The molecule has 1 rings (SSSR count). The number of carbonyl (C=O) groups is 1. The van der Waals surface area contributed by atoms with Crippen LogP contribution < -0.4 is 11.0 Å². The fraction of sp³-hybridized carbons (Fsp3) is 0.375. The molecule has 2 N–H and O–H groups in total. The summed E-state index contributed by atoms with van der Waals surface area (Å²) in [5.74, 6) is 0.00152. The molecule has 0 fully saturated rings. The zero-order valence-electron chi connectivity index (χ0n) is 7.50. The Hall–Kier alpha value is -1.65. The van der Waals surface area contributed by atoms with Gasteiger partial charge < -0.3 is 10.3 Å². The highest BCUT2D eigenvalue weighted by molar-refractivity contribution is 5.90. The number of carbonyl (C=O) groups excluding carboxylic acids is 1. The summed E-state index contributed by atoms with van der Waals surface area (Å²) in [6, 6.07) is 1.53. The quantitative estimate of drug-likeness (QED) is 0.691. The third-order valence-electron chi connectivity index (χ3n) is 1.45. The molecule has 1 aromatic heterocycles. The van der Waals surface area contributed by atoms with Crippen molar-refractivity contribution < 1.29 is 4.79 Å². The SMILES string of the molecule is CC(C)C(=O)Nc1cc[nH]c(=O)n1. The van der Waals surface area contributed by atoms with Gasteiger partial charge in [0.25, 0.3) is 0 Å². The highest BCUT2D eigenvalue weighted by atomic mass is 16.2. The van der Waals surface area contributed by atoms with E-state index in [1.807, 2.05) is 0 Å². The molecule has 0 unspecified atom stereocenters. The number of H-pyrrole nitrogens is 1. The van der Waals surface area contributed by atoms with Gasteiger partial charge in [-0.3, -0.25) is 4.79 Å². The molecule has 13 heavy (non-hydrogen) atoms. The average molecular weight is 181 g/mol. The lowest BCUT2D eigenvalue weighted by molar-refractivity contribution is -0.118. The minimum absolute atomic E-state index is 0.124. The van der Waals surface area contributed by atoms with E-state index in [1.165, 1.54) is 12.3 Å². The Kier molecular flexibility index (Phi) is 2.79. The van der Waals surface area contributed by atoms with E-state index < -0.39 is 5.69 Å². The van der Waals surface area contributed by atoms with Crippen LogP contribution in [-0.4, -0.2) is 15.9 Å². The van der Waals surface area contributed by atoms with Crippen molar-refractivity contribution in [1.82, 2.24) is 9.97 Å². The van der Waals surface area contributed by atoms with Crippen LogP contribution in [-0.2, 0) is 4.79 Å². The maximum absolute atomic E-state index is 11.2. The largest absolute Gasteiger partial charge is 0.346 e. The van der Waals surface area contributed by atoms with E-state index in [-0.39, 0.29) is 17.6 Å². The first-order valence-corrected chi connectivity index (χ1v) is 3.96. The number of hydrogen-bond acceptors (Lipinski definition) is 3. The third kappa shape index (κ3) is 2.70. The van der Waals surface area contributed by atoms with Gasteiger partial charge in [0.1, 0.15) is 5.82 Å². The Morgan fingerprint density at radius 3 is 2.85 bits per heavy atom. The first-order valence-electron chi connectivity index (χ1n) is 3.96. The lowest BCUT2D eigenvalue weighted by Crippen LogP contribution is -2.21. The van der Waals surface area contributed by atoms with Gasteiger partial charge in [0.05, 0.1) is 0 Å². The van der Waals surface area contributed by atoms with Crippen molar-refractivity contribution in [3.05, 3.63) is 22.7 Å². The Morgan fingerprint density at radius 1 is 1.62 bits per heavy atom. The average Bonchev–Trinajstić information content (AvgIpc) is 2.04. The van der Waals surface area contributed by atoms with Crippen molar-refractivity contribution in [1.29, 1.82) is 0 Å². The van der Waals surface area contributed by atoms with Crippen LogP contribution in [0.1, 0.15) is 13.8 Å². The van der Waals surface area contributed by atoms with Crippen LogP contribution in [0.3, 0.4) is 0 Å².